The van der Waals surface area contributed by atoms with Gasteiger partial charge in [0.15, 0.2) is 0 Å². The van der Waals surface area contributed by atoms with Gasteiger partial charge in [0.1, 0.15) is 11.4 Å². The number of halogens is 1. The molecule has 3 N–H and O–H groups in total. The minimum atomic E-state index is -0.970. The zero-order valence-electron chi connectivity index (χ0n) is 17.1. The monoisotopic (exact) mass is 388 g/mol. The number of carbonyl (C=O) groups excluding carboxylic acids is 1. The molecule has 1 aliphatic carbocycles. The third-order valence-corrected chi connectivity index (χ3v) is 6.17. The van der Waals surface area contributed by atoms with Gasteiger partial charge in [0, 0.05) is 29.7 Å². The van der Waals surface area contributed by atoms with Crippen LogP contribution >= 0.6 is 0 Å². The van der Waals surface area contributed by atoms with Crippen LogP contribution in [0, 0.1) is 18.2 Å². The van der Waals surface area contributed by atoms with Crippen LogP contribution in [-0.2, 0) is 9.53 Å². The van der Waals surface area contributed by atoms with E-state index in [9.17, 15) is 9.18 Å². The number of nitrogens with zero attached hydrogens (tertiary/aromatic N) is 2. The molecule has 0 aliphatic heterocycles. The van der Waals surface area contributed by atoms with Crippen molar-refractivity contribution in [2.45, 2.75) is 58.7 Å². The van der Waals surface area contributed by atoms with Crippen LogP contribution in [0.25, 0.3) is 5.69 Å². The fourth-order valence-electron chi connectivity index (χ4n) is 3.91. The molecule has 1 saturated carbocycles. The molecule has 152 valence electrons. The molecule has 1 amide bonds. The second kappa shape index (κ2) is 7.29. The van der Waals surface area contributed by atoms with E-state index in [0.717, 1.165) is 16.9 Å². The first-order valence-corrected chi connectivity index (χ1v) is 9.63. The quantitative estimate of drug-likeness (QED) is 0.797. The van der Waals surface area contributed by atoms with Crippen molar-refractivity contribution in [3.63, 3.8) is 0 Å². The number of carbonyl (C=O) groups is 1. The Balaban J connectivity index is 1.74. The van der Waals surface area contributed by atoms with Crippen LogP contribution in [0.2, 0.25) is 0 Å². The van der Waals surface area contributed by atoms with Gasteiger partial charge in [-0.1, -0.05) is 13.8 Å². The average molecular weight is 388 g/mol. The van der Waals surface area contributed by atoms with Gasteiger partial charge < -0.3 is 15.8 Å². The van der Waals surface area contributed by atoms with E-state index in [1.54, 1.807) is 23.0 Å². The minimum Gasteiger partial charge on any atom is -0.378 e. The summed E-state index contributed by atoms with van der Waals surface area (Å²) in [5.74, 6) is -0.481. The van der Waals surface area contributed by atoms with E-state index in [-0.39, 0.29) is 23.9 Å². The lowest BCUT2D eigenvalue weighted by atomic mass is 9.54. The highest BCUT2D eigenvalue weighted by atomic mass is 19.1. The molecule has 0 bridgehead atoms. The predicted octanol–water partition coefficient (Wildman–Crippen LogP) is 3.03. The second-order valence-corrected chi connectivity index (χ2v) is 8.11. The Kier molecular flexibility index (Phi) is 5.34. The Labute approximate surface area is 165 Å². The Bertz CT molecular complexity index is 862. The van der Waals surface area contributed by atoms with E-state index >= 15 is 0 Å². The van der Waals surface area contributed by atoms with Crippen molar-refractivity contribution in [3.8, 4) is 5.69 Å². The summed E-state index contributed by atoms with van der Waals surface area (Å²) in [5, 5.41) is 7.44. The van der Waals surface area contributed by atoms with Crippen molar-refractivity contribution in [1.82, 2.24) is 15.1 Å². The third kappa shape index (κ3) is 3.22. The first-order valence-electron chi connectivity index (χ1n) is 9.63. The molecule has 2 aromatic rings. The molecule has 1 fully saturated rings. The van der Waals surface area contributed by atoms with E-state index in [2.05, 4.69) is 10.4 Å². The minimum absolute atomic E-state index is 0.0217. The third-order valence-electron chi connectivity index (χ3n) is 6.17. The van der Waals surface area contributed by atoms with Crippen LogP contribution in [0.4, 0.5) is 4.39 Å². The summed E-state index contributed by atoms with van der Waals surface area (Å²) >= 11 is 0. The standard InChI is InChI=1S/C21H29FN4O2/c1-6-28-18-11-21(23,20(18,4)5)19(27)25-13(2)17-12-24-26(14(17)3)16-9-7-15(22)8-10-16/h7-10,12-13,18H,6,11,23H2,1-5H3,(H,25,27). The maximum Gasteiger partial charge on any atom is 0.241 e. The van der Waals surface area contributed by atoms with Crippen molar-refractivity contribution in [3.05, 3.63) is 47.5 Å². The van der Waals surface area contributed by atoms with Gasteiger partial charge in [-0.25, -0.2) is 9.07 Å². The van der Waals surface area contributed by atoms with Crippen LogP contribution in [0.5, 0.6) is 0 Å². The highest BCUT2D eigenvalue weighted by Crippen LogP contribution is 2.50. The number of benzene rings is 1. The molecular formula is C21H29FN4O2. The topological polar surface area (TPSA) is 82.2 Å². The fourth-order valence-corrected chi connectivity index (χ4v) is 3.91. The Hall–Kier alpha value is -2.25. The first kappa shape index (κ1) is 20.5. The highest BCUT2D eigenvalue weighted by Gasteiger charge is 2.62. The summed E-state index contributed by atoms with van der Waals surface area (Å²) in [7, 11) is 0. The van der Waals surface area contributed by atoms with E-state index in [4.69, 9.17) is 10.5 Å². The molecule has 1 aromatic carbocycles. The van der Waals surface area contributed by atoms with Crippen LogP contribution < -0.4 is 11.1 Å². The fraction of sp³-hybridized carbons (Fsp3) is 0.524. The van der Waals surface area contributed by atoms with Crippen LogP contribution in [0.15, 0.2) is 30.5 Å². The number of amides is 1. The number of nitrogens with two attached hydrogens (primary N) is 1. The maximum absolute atomic E-state index is 13.2. The summed E-state index contributed by atoms with van der Waals surface area (Å²) in [4.78, 5) is 13.0. The number of nitrogens with one attached hydrogen (secondary N) is 1. The predicted molar refractivity (Wildman–Crippen MR) is 106 cm³/mol. The first-order chi connectivity index (χ1) is 13.1. The van der Waals surface area contributed by atoms with E-state index < -0.39 is 11.0 Å². The summed E-state index contributed by atoms with van der Waals surface area (Å²) in [6.07, 6.45) is 2.20. The maximum atomic E-state index is 13.2. The second-order valence-electron chi connectivity index (χ2n) is 8.11. The molecule has 0 saturated heterocycles. The Morgan fingerprint density at radius 3 is 2.64 bits per heavy atom. The molecule has 1 aromatic heterocycles. The van der Waals surface area contributed by atoms with Gasteiger partial charge >= 0.3 is 0 Å². The summed E-state index contributed by atoms with van der Waals surface area (Å²) < 4.78 is 20.6. The molecular weight excluding hydrogens is 359 g/mol. The van der Waals surface area contributed by atoms with Gasteiger partial charge in [-0.2, -0.15) is 5.10 Å². The summed E-state index contributed by atoms with van der Waals surface area (Å²) in [6.45, 7) is 10.3. The lowest BCUT2D eigenvalue weighted by Gasteiger charge is -2.57. The molecule has 1 heterocycles. The van der Waals surface area contributed by atoms with E-state index in [1.807, 2.05) is 34.6 Å². The van der Waals surface area contributed by atoms with Crippen molar-refractivity contribution in [2.75, 3.05) is 6.61 Å². The number of ether oxygens (including phenoxy) is 1. The van der Waals surface area contributed by atoms with Gasteiger partial charge in [-0.05, 0) is 45.0 Å². The van der Waals surface area contributed by atoms with Gasteiger partial charge in [-0.15, -0.1) is 0 Å². The number of aromatic nitrogens is 2. The van der Waals surface area contributed by atoms with E-state index in [0.29, 0.717) is 13.0 Å². The normalized spacial score (nSPS) is 24.5. The zero-order valence-corrected chi connectivity index (χ0v) is 17.1. The number of hydrogen-bond acceptors (Lipinski definition) is 4. The summed E-state index contributed by atoms with van der Waals surface area (Å²) in [6, 6.07) is 5.87. The lowest BCUT2D eigenvalue weighted by molar-refractivity contribution is -0.171. The Morgan fingerprint density at radius 2 is 2.07 bits per heavy atom. The van der Waals surface area contributed by atoms with Crippen molar-refractivity contribution in [2.24, 2.45) is 11.1 Å². The van der Waals surface area contributed by atoms with Crippen molar-refractivity contribution < 1.29 is 13.9 Å². The summed E-state index contributed by atoms with van der Waals surface area (Å²) in [5.41, 5.74) is 7.59. The molecule has 0 radical (unpaired) electrons. The smallest absolute Gasteiger partial charge is 0.241 e. The van der Waals surface area contributed by atoms with Crippen LogP contribution in [0.1, 0.15) is 51.4 Å². The largest absolute Gasteiger partial charge is 0.378 e. The number of hydrogen-bond donors (Lipinski definition) is 2. The molecule has 3 atom stereocenters. The SMILES string of the molecule is CCOC1CC(N)(C(=O)NC(C)c2cnn(-c3ccc(F)cc3)c2C)C1(C)C. The molecule has 3 rings (SSSR count). The van der Waals surface area contributed by atoms with Gasteiger partial charge in [0.05, 0.1) is 24.0 Å². The molecule has 28 heavy (non-hydrogen) atoms. The average Bonchev–Trinajstić information content (AvgIpc) is 3.03. The highest BCUT2D eigenvalue weighted by molar-refractivity contribution is 5.89. The van der Waals surface area contributed by atoms with E-state index in [1.165, 1.54) is 12.1 Å². The van der Waals surface area contributed by atoms with Crippen LogP contribution in [0.3, 0.4) is 0 Å². The van der Waals surface area contributed by atoms with Gasteiger partial charge in [0.25, 0.3) is 0 Å². The Morgan fingerprint density at radius 1 is 1.43 bits per heavy atom. The molecule has 6 nitrogen and oxygen atoms in total. The van der Waals surface area contributed by atoms with Crippen LogP contribution in [-0.4, -0.2) is 33.9 Å². The molecule has 0 spiro atoms. The molecule has 1 aliphatic rings. The number of rotatable bonds is 6. The molecule has 7 heteroatoms. The lowest BCUT2D eigenvalue weighted by Crippen LogP contribution is -2.75. The molecule has 3 unspecified atom stereocenters. The van der Waals surface area contributed by atoms with Gasteiger partial charge in [0.2, 0.25) is 5.91 Å². The zero-order chi connectivity index (χ0) is 20.7. The van der Waals surface area contributed by atoms with Gasteiger partial charge in [-0.3, -0.25) is 4.79 Å². The van der Waals surface area contributed by atoms with Crippen molar-refractivity contribution >= 4 is 5.91 Å². The van der Waals surface area contributed by atoms with Crippen molar-refractivity contribution in [1.29, 1.82) is 0 Å².